The number of hydrogen-bond acceptors (Lipinski definition) is 2. The van der Waals surface area contributed by atoms with E-state index in [0.29, 0.717) is 6.54 Å². The third-order valence-electron chi connectivity index (χ3n) is 3.02. The molecule has 0 radical (unpaired) electrons. The highest BCUT2D eigenvalue weighted by Gasteiger charge is 2.30. The van der Waals surface area contributed by atoms with Crippen molar-refractivity contribution in [2.24, 2.45) is 5.73 Å². The molecule has 2 aromatic rings. The van der Waals surface area contributed by atoms with Gasteiger partial charge in [-0.15, -0.1) is 0 Å². The maximum atomic E-state index is 13.7. The molecule has 21 heavy (non-hydrogen) atoms. The quantitative estimate of drug-likeness (QED) is 0.536. The highest BCUT2D eigenvalue weighted by molar-refractivity contribution is 5.33. The average molecular weight is 305 g/mol. The predicted molar refractivity (Wildman–Crippen MR) is 64.8 cm³/mol. The minimum atomic E-state index is -2.21. The van der Waals surface area contributed by atoms with Gasteiger partial charge in [0.05, 0.1) is 17.8 Å². The number of halogens is 5. The molecular formula is C13H12F5N3. The van der Waals surface area contributed by atoms with E-state index in [-0.39, 0.29) is 5.56 Å². The van der Waals surface area contributed by atoms with E-state index in [1.165, 1.54) is 17.1 Å². The summed E-state index contributed by atoms with van der Waals surface area (Å²) in [5.74, 6) is -10.1. The second-order valence-corrected chi connectivity index (χ2v) is 4.50. The average Bonchev–Trinajstić information content (AvgIpc) is 2.92. The van der Waals surface area contributed by atoms with E-state index < -0.39 is 40.7 Å². The summed E-state index contributed by atoms with van der Waals surface area (Å²) in [7, 11) is 0. The number of aryl methyl sites for hydroxylation is 1. The maximum absolute atomic E-state index is 13.7. The fourth-order valence-electron chi connectivity index (χ4n) is 1.95. The Kier molecular flexibility index (Phi) is 4.26. The van der Waals surface area contributed by atoms with Crippen LogP contribution in [0.15, 0.2) is 12.4 Å². The van der Waals surface area contributed by atoms with Gasteiger partial charge in [0.1, 0.15) is 0 Å². The molecule has 1 aromatic heterocycles. The molecule has 1 unspecified atom stereocenters. The van der Waals surface area contributed by atoms with Crippen LogP contribution in [0.25, 0.3) is 0 Å². The summed E-state index contributed by atoms with van der Waals surface area (Å²) in [5.41, 5.74) is 4.72. The van der Waals surface area contributed by atoms with Gasteiger partial charge >= 0.3 is 0 Å². The monoisotopic (exact) mass is 305 g/mol. The SMILES string of the molecule is CCCn1cc(C(N)c2c(F)c(F)c(F)c(F)c2F)cn1. The van der Waals surface area contributed by atoms with Crippen LogP contribution in [0.1, 0.15) is 30.5 Å². The number of aromatic nitrogens is 2. The fourth-order valence-corrected chi connectivity index (χ4v) is 1.95. The Hall–Kier alpha value is -1.96. The molecular weight excluding hydrogens is 293 g/mol. The van der Waals surface area contributed by atoms with Crippen molar-refractivity contribution in [1.29, 1.82) is 0 Å². The van der Waals surface area contributed by atoms with Gasteiger partial charge in [-0.1, -0.05) is 6.92 Å². The Morgan fingerprint density at radius 1 is 1.05 bits per heavy atom. The minimum Gasteiger partial charge on any atom is -0.320 e. The summed E-state index contributed by atoms with van der Waals surface area (Å²) in [4.78, 5) is 0. The second kappa shape index (κ2) is 5.80. The van der Waals surface area contributed by atoms with Crippen LogP contribution in [0, 0.1) is 29.1 Å². The molecule has 0 aliphatic heterocycles. The first-order chi connectivity index (χ1) is 9.88. The Morgan fingerprint density at radius 3 is 2.10 bits per heavy atom. The lowest BCUT2D eigenvalue weighted by atomic mass is 10.0. The lowest BCUT2D eigenvalue weighted by Gasteiger charge is -2.13. The van der Waals surface area contributed by atoms with Crippen molar-refractivity contribution in [3.8, 4) is 0 Å². The Labute approximate surface area is 117 Å². The number of nitrogens with zero attached hydrogens (tertiary/aromatic N) is 2. The lowest BCUT2D eigenvalue weighted by molar-refractivity contribution is 0.367. The normalized spacial score (nSPS) is 12.7. The van der Waals surface area contributed by atoms with Crippen molar-refractivity contribution in [3.05, 3.63) is 52.6 Å². The zero-order chi connectivity index (χ0) is 15.7. The highest BCUT2D eigenvalue weighted by atomic mass is 19.2. The van der Waals surface area contributed by atoms with Gasteiger partial charge in [0.2, 0.25) is 5.82 Å². The van der Waals surface area contributed by atoms with Crippen molar-refractivity contribution in [3.63, 3.8) is 0 Å². The lowest BCUT2D eigenvalue weighted by Crippen LogP contribution is -2.18. The van der Waals surface area contributed by atoms with Crippen LogP contribution in [-0.2, 0) is 6.54 Å². The summed E-state index contributed by atoms with van der Waals surface area (Å²) in [6.07, 6.45) is 3.41. The number of rotatable bonds is 4. The van der Waals surface area contributed by atoms with Crippen molar-refractivity contribution < 1.29 is 22.0 Å². The first-order valence-corrected chi connectivity index (χ1v) is 6.17. The summed E-state index contributed by atoms with van der Waals surface area (Å²) < 4.78 is 68.1. The first-order valence-electron chi connectivity index (χ1n) is 6.17. The van der Waals surface area contributed by atoms with Crippen LogP contribution in [-0.4, -0.2) is 9.78 Å². The molecule has 0 amide bonds. The van der Waals surface area contributed by atoms with Crippen LogP contribution in [0.3, 0.4) is 0 Å². The predicted octanol–water partition coefficient (Wildman–Crippen LogP) is 3.04. The van der Waals surface area contributed by atoms with Crippen molar-refractivity contribution in [2.45, 2.75) is 25.9 Å². The molecule has 1 aromatic carbocycles. The molecule has 0 saturated carbocycles. The molecule has 2 rings (SSSR count). The summed E-state index contributed by atoms with van der Waals surface area (Å²) in [6.45, 7) is 2.44. The van der Waals surface area contributed by atoms with Crippen LogP contribution in [0.4, 0.5) is 22.0 Å². The molecule has 0 spiro atoms. The summed E-state index contributed by atoms with van der Waals surface area (Å²) in [6, 6.07) is -1.50. The number of nitrogens with two attached hydrogens (primary N) is 1. The number of hydrogen-bond donors (Lipinski definition) is 1. The molecule has 8 heteroatoms. The third-order valence-corrected chi connectivity index (χ3v) is 3.02. The third kappa shape index (κ3) is 2.63. The molecule has 0 aliphatic rings. The van der Waals surface area contributed by atoms with Gasteiger partial charge in [-0.3, -0.25) is 4.68 Å². The van der Waals surface area contributed by atoms with Crippen molar-refractivity contribution >= 4 is 0 Å². The molecule has 0 aliphatic carbocycles. The smallest absolute Gasteiger partial charge is 0.200 e. The van der Waals surface area contributed by atoms with Crippen LogP contribution >= 0.6 is 0 Å². The van der Waals surface area contributed by atoms with E-state index in [4.69, 9.17) is 5.73 Å². The van der Waals surface area contributed by atoms with E-state index in [9.17, 15) is 22.0 Å². The van der Waals surface area contributed by atoms with Crippen LogP contribution in [0.5, 0.6) is 0 Å². The van der Waals surface area contributed by atoms with Crippen molar-refractivity contribution in [1.82, 2.24) is 9.78 Å². The van der Waals surface area contributed by atoms with Gasteiger partial charge < -0.3 is 5.73 Å². The molecule has 0 fully saturated rings. The van der Waals surface area contributed by atoms with E-state index >= 15 is 0 Å². The van der Waals surface area contributed by atoms with Crippen LogP contribution < -0.4 is 5.73 Å². The van der Waals surface area contributed by atoms with Gasteiger partial charge in [0.25, 0.3) is 0 Å². The van der Waals surface area contributed by atoms with Gasteiger partial charge in [0.15, 0.2) is 23.3 Å². The van der Waals surface area contributed by atoms with E-state index in [0.717, 1.165) is 6.42 Å². The standard InChI is InChI=1S/C13H12F5N3/c1-2-3-21-5-6(4-20-21)13(19)7-8(14)10(16)12(18)11(17)9(7)15/h4-5,13H,2-3,19H2,1H3. The van der Waals surface area contributed by atoms with Crippen LogP contribution in [0.2, 0.25) is 0 Å². The second-order valence-electron chi connectivity index (χ2n) is 4.50. The molecule has 2 N–H and O–H groups in total. The maximum Gasteiger partial charge on any atom is 0.200 e. The van der Waals surface area contributed by atoms with Gasteiger partial charge in [-0.25, -0.2) is 22.0 Å². The zero-order valence-electron chi connectivity index (χ0n) is 11.0. The first kappa shape index (κ1) is 15.4. The molecule has 1 heterocycles. The molecule has 114 valence electrons. The van der Waals surface area contributed by atoms with Crippen molar-refractivity contribution in [2.75, 3.05) is 0 Å². The van der Waals surface area contributed by atoms with Gasteiger partial charge in [0, 0.05) is 18.3 Å². The zero-order valence-corrected chi connectivity index (χ0v) is 11.0. The number of benzene rings is 1. The van der Waals surface area contributed by atoms with E-state index in [1.54, 1.807) is 0 Å². The Morgan fingerprint density at radius 2 is 1.57 bits per heavy atom. The highest BCUT2D eigenvalue weighted by Crippen LogP contribution is 2.29. The van der Waals surface area contributed by atoms with Gasteiger partial charge in [-0.05, 0) is 6.42 Å². The topological polar surface area (TPSA) is 43.8 Å². The van der Waals surface area contributed by atoms with Gasteiger partial charge in [-0.2, -0.15) is 5.10 Å². The molecule has 0 bridgehead atoms. The Balaban J connectivity index is 2.50. The van der Waals surface area contributed by atoms with E-state index in [2.05, 4.69) is 5.10 Å². The molecule has 1 atom stereocenters. The van der Waals surface area contributed by atoms with E-state index in [1.807, 2.05) is 6.92 Å². The minimum absolute atomic E-state index is 0.159. The summed E-state index contributed by atoms with van der Waals surface area (Å²) >= 11 is 0. The largest absolute Gasteiger partial charge is 0.320 e. The molecule has 0 saturated heterocycles. The summed E-state index contributed by atoms with van der Waals surface area (Å²) in [5, 5.41) is 3.90. The fraction of sp³-hybridized carbons (Fsp3) is 0.308. The molecule has 3 nitrogen and oxygen atoms in total. The Bertz CT molecular complexity index is 639.